The summed E-state index contributed by atoms with van der Waals surface area (Å²) in [5, 5.41) is 9.65. The zero-order chi connectivity index (χ0) is 53.4. The monoisotopic (exact) mass is 1020 g/mol. The molecule has 0 aromatic carbocycles. The molecule has 5 nitrogen and oxygen atoms in total. The second-order valence-corrected chi connectivity index (χ2v) is 19.7. The van der Waals surface area contributed by atoms with E-state index >= 15 is 0 Å². The Balaban J connectivity index is 3.65. The minimum atomic E-state index is -0.794. The summed E-state index contributed by atoms with van der Waals surface area (Å²) in [6.45, 7) is 4.02. The SMILES string of the molecule is CC/C=C\C/C=C\C/C=C\C/C=C\C/C=C\C/C=C\C/C=C\C/C=C\C/C=C\C/C=C\C/C=C\C/C=C\CCCCCCC(=O)OC(CO)COC(=O)CCCCCCCCCCCCCCCCCCCCC. The highest BCUT2D eigenvalue weighted by Gasteiger charge is 2.16. The van der Waals surface area contributed by atoms with E-state index in [1.54, 1.807) is 0 Å². The predicted molar refractivity (Wildman–Crippen MR) is 324 cm³/mol. The lowest BCUT2D eigenvalue weighted by molar-refractivity contribution is -0.161. The van der Waals surface area contributed by atoms with Gasteiger partial charge in [0.05, 0.1) is 6.61 Å². The Bertz CT molecular complexity index is 1580. The number of carbonyl (C=O) groups excluding carboxylic acids is 2. The van der Waals surface area contributed by atoms with Gasteiger partial charge in [-0.2, -0.15) is 0 Å². The third-order valence-corrected chi connectivity index (χ3v) is 12.6. The first kappa shape index (κ1) is 69.8. The first-order valence-electron chi connectivity index (χ1n) is 30.4. The van der Waals surface area contributed by atoms with Gasteiger partial charge in [-0.05, 0) is 103 Å². The van der Waals surface area contributed by atoms with Crippen LogP contribution in [0.15, 0.2) is 146 Å². The van der Waals surface area contributed by atoms with Crippen molar-refractivity contribution in [1.82, 2.24) is 0 Å². The van der Waals surface area contributed by atoms with Gasteiger partial charge in [-0.15, -0.1) is 0 Å². The molecule has 5 heteroatoms. The zero-order valence-electron chi connectivity index (χ0n) is 47.8. The summed E-state index contributed by atoms with van der Waals surface area (Å²) in [6.07, 6.45) is 95.4. The number of aliphatic hydroxyl groups is 1. The molecule has 1 N–H and O–H groups in total. The summed E-state index contributed by atoms with van der Waals surface area (Å²) in [7, 11) is 0. The summed E-state index contributed by atoms with van der Waals surface area (Å²) in [4.78, 5) is 24.5. The van der Waals surface area contributed by atoms with Crippen LogP contribution >= 0.6 is 0 Å². The predicted octanol–water partition coefficient (Wildman–Crippen LogP) is 21.0. The van der Waals surface area contributed by atoms with Gasteiger partial charge in [0.2, 0.25) is 0 Å². The van der Waals surface area contributed by atoms with E-state index in [9.17, 15) is 14.7 Å². The van der Waals surface area contributed by atoms with Gasteiger partial charge in [-0.25, -0.2) is 0 Å². The van der Waals surface area contributed by atoms with Crippen molar-refractivity contribution in [1.29, 1.82) is 0 Å². The minimum Gasteiger partial charge on any atom is -0.462 e. The fraction of sp³-hybridized carbons (Fsp3) is 0.623. The van der Waals surface area contributed by atoms with Crippen LogP contribution in [0, 0.1) is 0 Å². The van der Waals surface area contributed by atoms with Crippen LogP contribution in [0.2, 0.25) is 0 Å². The number of hydrogen-bond acceptors (Lipinski definition) is 5. The number of carbonyl (C=O) groups is 2. The molecular weight excluding hydrogens is 909 g/mol. The van der Waals surface area contributed by atoms with Crippen molar-refractivity contribution in [2.45, 2.75) is 264 Å². The van der Waals surface area contributed by atoms with E-state index in [1.807, 2.05) is 0 Å². The maximum absolute atomic E-state index is 12.3. The van der Waals surface area contributed by atoms with Gasteiger partial charge in [-0.3, -0.25) is 9.59 Å². The van der Waals surface area contributed by atoms with Crippen LogP contribution in [0.1, 0.15) is 258 Å². The van der Waals surface area contributed by atoms with Crippen molar-refractivity contribution < 1.29 is 24.2 Å². The van der Waals surface area contributed by atoms with Gasteiger partial charge in [0.15, 0.2) is 6.10 Å². The van der Waals surface area contributed by atoms with E-state index in [4.69, 9.17) is 9.47 Å². The van der Waals surface area contributed by atoms with Crippen LogP contribution in [0.3, 0.4) is 0 Å². The molecule has 0 aromatic rings. The molecule has 1 atom stereocenters. The minimum absolute atomic E-state index is 0.0815. The maximum atomic E-state index is 12.3. The Morgan fingerprint density at radius 1 is 0.324 bits per heavy atom. The molecule has 418 valence electrons. The molecule has 0 amide bonds. The van der Waals surface area contributed by atoms with Gasteiger partial charge >= 0.3 is 11.9 Å². The molecule has 0 spiro atoms. The van der Waals surface area contributed by atoms with E-state index in [2.05, 4.69) is 160 Å². The lowest BCUT2D eigenvalue weighted by atomic mass is 10.0. The molecular formula is C69H112O5. The number of esters is 2. The van der Waals surface area contributed by atoms with Gasteiger partial charge in [0.25, 0.3) is 0 Å². The third-order valence-electron chi connectivity index (χ3n) is 12.6. The maximum Gasteiger partial charge on any atom is 0.306 e. The van der Waals surface area contributed by atoms with Crippen molar-refractivity contribution in [2.24, 2.45) is 0 Å². The van der Waals surface area contributed by atoms with Crippen molar-refractivity contribution >= 4 is 11.9 Å². The Labute approximate surface area is 457 Å². The van der Waals surface area contributed by atoms with Crippen molar-refractivity contribution in [3.05, 3.63) is 146 Å². The first-order valence-corrected chi connectivity index (χ1v) is 30.4. The Morgan fingerprint density at radius 2 is 0.581 bits per heavy atom. The zero-order valence-corrected chi connectivity index (χ0v) is 47.8. The number of rotatable bonds is 54. The largest absolute Gasteiger partial charge is 0.462 e. The smallest absolute Gasteiger partial charge is 0.306 e. The summed E-state index contributed by atoms with van der Waals surface area (Å²) in [5.74, 6) is -0.621. The topological polar surface area (TPSA) is 72.8 Å². The lowest BCUT2D eigenvalue weighted by Crippen LogP contribution is -2.28. The van der Waals surface area contributed by atoms with Crippen LogP contribution in [-0.2, 0) is 19.1 Å². The molecule has 0 aromatic heterocycles. The fourth-order valence-corrected chi connectivity index (χ4v) is 8.13. The van der Waals surface area contributed by atoms with E-state index in [-0.39, 0.29) is 25.2 Å². The molecule has 0 saturated heterocycles. The van der Waals surface area contributed by atoms with Gasteiger partial charge in [-0.1, -0.05) is 288 Å². The number of allylic oxidation sites excluding steroid dienone is 24. The second-order valence-electron chi connectivity index (χ2n) is 19.7. The Morgan fingerprint density at radius 3 is 0.878 bits per heavy atom. The van der Waals surface area contributed by atoms with Crippen LogP contribution < -0.4 is 0 Å². The molecule has 0 radical (unpaired) electrons. The van der Waals surface area contributed by atoms with Crippen molar-refractivity contribution in [3.8, 4) is 0 Å². The fourth-order valence-electron chi connectivity index (χ4n) is 8.13. The summed E-state index contributed by atoms with van der Waals surface area (Å²) in [6, 6.07) is 0. The summed E-state index contributed by atoms with van der Waals surface area (Å²) in [5.41, 5.74) is 0. The van der Waals surface area contributed by atoms with Gasteiger partial charge < -0.3 is 14.6 Å². The van der Waals surface area contributed by atoms with Gasteiger partial charge in [0.1, 0.15) is 6.61 Å². The van der Waals surface area contributed by atoms with E-state index < -0.39 is 6.10 Å². The highest BCUT2D eigenvalue weighted by Crippen LogP contribution is 2.16. The van der Waals surface area contributed by atoms with E-state index in [0.29, 0.717) is 12.8 Å². The number of ether oxygens (including phenoxy) is 2. The highest BCUT2D eigenvalue weighted by molar-refractivity contribution is 5.70. The van der Waals surface area contributed by atoms with E-state index in [0.717, 1.165) is 128 Å². The second kappa shape index (κ2) is 63.1. The third kappa shape index (κ3) is 60.3. The Hall–Kier alpha value is -4.22. The average molecular weight is 1020 g/mol. The summed E-state index contributed by atoms with van der Waals surface area (Å²) >= 11 is 0. The Kier molecular flexibility index (Phi) is 59.5. The summed E-state index contributed by atoms with van der Waals surface area (Å²) < 4.78 is 10.7. The normalized spacial score (nSPS) is 13.3. The molecule has 0 rings (SSSR count). The van der Waals surface area contributed by atoms with Crippen molar-refractivity contribution in [2.75, 3.05) is 13.2 Å². The first-order chi connectivity index (χ1) is 36.6. The van der Waals surface area contributed by atoms with Crippen LogP contribution in [-0.4, -0.2) is 36.4 Å². The molecule has 0 bridgehead atoms. The van der Waals surface area contributed by atoms with Crippen LogP contribution in [0.4, 0.5) is 0 Å². The molecule has 74 heavy (non-hydrogen) atoms. The molecule has 0 fully saturated rings. The number of aliphatic hydroxyl groups excluding tert-OH is 1. The van der Waals surface area contributed by atoms with Crippen LogP contribution in [0.5, 0.6) is 0 Å². The highest BCUT2D eigenvalue weighted by atomic mass is 16.6. The number of hydrogen-bond donors (Lipinski definition) is 1. The molecule has 1 unspecified atom stereocenters. The quantitative estimate of drug-likeness (QED) is 0.0373. The number of unbranched alkanes of at least 4 members (excludes halogenated alkanes) is 22. The van der Waals surface area contributed by atoms with Crippen LogP contribution in [0.25, 0.3) is 0 Å². The van der Waals surface area contributed by atoms with Gasteiger partial charge in [0, 0.05) is 12.8 Å². The van der Waals surface area contributed by atoms with E-state index in [1.165, 1.54) is 103 Å². The standard InChI is InChI=1S/C69H112O5/c1-3-5-7-9-11-13-15-17-19-21-23-24-25-26-27-28-29-30-31-32-33-34-35-36-37-38-39-40-41-42-43-44-46-48-50-52-54-56-58-60-62-64-69(72)74-67(65-70)66-73-68(71)63-61-59-57-55-53-51-49-47-45-22-20-18-16-14-12-10-8-6-4-2/h5,7,11,13,17,19,23-24,26-27,29-30,32-33,35-36,38-39,41-42,44,46,50,52,67,70H,3-4,6,8-10,12,14-16,18,20-22,25,28,31,34,37,40,43,45,47-49,51,53-66H2,1-2H3/b7-5-,13-11-,19-17-,24-23-,27-26-,30-29-,33-32-,36-35-,39-38-,42-41-,46-44-,52-50-. The average Bonchev–Trinajstić information content (AvgIpc) is 3.40. The molecule has 0 aliphatic carbocycles. The molecule has 0 aliphatic rings. The molecule has 0 aliphatic heterocycles. The lowest BCUT2D eigenvalue weighted by Gasteiger charge is -2.15. The molecule has 0 heterocycles. The van der Waals surface area contributed by atoms with Crippen molar-refractivity contribution in [3.63, 3.8) is 0 Å². The molecule has 0 saturated carbocycles.